The lowest BCUT2D eigenvalue weighted by Gasteiger charge is -2.36. The quantitative estimate of drug-likeness (QED) is 0.683. The van der Waals surface area contributed by atoms with Crippen LogP contribution in [-0.2, 0) is 11.3 Å². The maximum absolute atomic E-state index is 13.1. The van der Waals surface area contributed by atoms with E-state index in [1.807, 2.05) is 61.2 Å². The second-order valence-electron chi connectivity index (χ2n) is 8.64. The molecule has 0 spiro atoms. The lowest BCUT2D eigenvalue weighted by Crippen LogP contribution is -2.49. The van der Waals surface area contributed by atoms with Crippen LogP contribution in [0.2, 0.25) is 0 Å². The van der Waals surface area contributed by atoms with E-state index in [4.69, 9.17) is 0 Å². The van der Waals surface area contributed by atoms with Crippen LogP contribution in [0, 0.1) is 13.8 Å². The third-order valence-electron chi connectivity index (χ3n) is 6.31. The van der Waals surface area contributed by atoms with Crippen molar-refractivity contribution in [3.05, 3.63) is 81.1 Å². The molecule has 3 aromatic rings. The Labute approximate surface area is 183 Å². The highest BCUT2D eigenvalue weighted by atomic mass is 16.2. The standard InChI is InChI=1S/C26H31N3O2/c1-4-22(20-8-6-5-7-9-20)26(31)29-12-10-28(11-13-29)17-21-16-24(30)25-19(3)14-18(2)15-23(25)27-21/h5-9,14-16,22H,4,10-13,17H2,1-3H3,(H,27,30)/t22-/m0/s1. The summed E-state index contributed by atoms with van der Waals surface area (Å²) in [6, 6.07) is 15.9. The Balaban J connectivity index is 1.42. The molecule has 1 amide bonds. The first-order valence-electron chi connectivity index (χ1n) is 11.2. The maximum atomic E-state index is 13.1. The monoisotopic (exact) mass is 417 g/mol. The summed E-state index contributed by atoms with van der Waals surface area (Å²) in [5.41, 5.74) is 5.16. The van der Waals surface area contributed by atoms with Gasteiger partial charge in [0.1, 0.15) is 0 Å². The van der Waals surface area contributed by atoms with Crippen LogP contribution in [0.4, 0.5) is 0 Å². The van der Waals surface area contributed by atoms with Crippen molar-refractivity contribution >= 4 is 16.8 Å². The SMILES string of the molecule is CC[C@H](C(=O)N1CCN(Cc2cc(=O)c3c(C)cc(C)cc3[nH]2)CC1)c1ccccc1. The number of amides is 1. The predicted octanol–water partition coefficient (Wildman–Crippen LogP) is 3.98. The van der Waals surface area contributed by atoms with E-state index in [2.05, 4.69) is 16.8 Å². The minimum atomic E-state index is -0.0731. The Bertz CT molecular complexity index is 1130. The Kier molecular flexibility index (Phi) is 6.23. The van der Waals surface area contributed by atoms with Gasteiger partial charge in [-0.1, -0.05) is 43.3 Å². The van der Waals surface area contributed by atoms with Crippen molar-refractivity contribution in [3.63, 3.8) is 0 Å². The molecule has 162 valence electrons. The van der Waals surface area contributed by atoms with Gasteiger partial charge in [0, 0.05) is 49.9 Å². The van der Waals surface area contributed by atoms with Crippen molar-refractivity contribution in [1.82, 2.24) is 14.8 Å². The number of nitrogens with one attached hydrogen (secondary N) is 1. The molecule has 1 saturated heterocycles. The first kappa shape index (κ1) is 21.3. The molecule has 0 aliphatic carbocycles. The van der Waals surface area contributed by atoms with E-state index in [0.717, 1.165) is 65.9 Å². The van der Waals surface area contributed by atoms with Crippen LogP contribution in [0.5, 0.6) is 0 Å². The molecule has 2 aromatic carbocycles. The first-order chi connectivity index (χ1) is 15.0. The Morgan fingerprint density at radius 3 is 2.42 bits per heavy atom. The van der Waals surface area contributed by atoms with Crippen LogP contribution in [0.1, 0.15) is 41.6 Å². The van der Waals surface area contributed by atoms with E-state index in [0.29, 0.717) is 6.54 Å². The van der Waals surface area contributed by atoms with Gasteiger partial charge in [0.05, 0.1) is 11.4 Å². The van der Waals surface area contributed by atoms with Crippen LogP contribution in [0.3, 0.4) is 0 Å². The van der Waals surface area contributed by atoms with Gasteiger partial charge < -0.3 is 9.88 Å². The highest BCUT2D eigenvalue weighted by Crippen LogP contribution is 2.23. The van der Waals surface area contributed by atoms with Crippen LogP contribution in [-0.4, -0.2) is 46.9 Å². The topological polar surface area (TPSA) is 56.4 Å². The fraction of sp³-hybridized carbons (Fsp3) is 0.385. The van der Waals surface area contributed by atoms with Crippen LogP contribution < -0.4 is 5.43 Å². The third-order valence-corrected chi connectivity index (χ3v) is 6.31. The molecule has 4 rings (SSSR count). The maximum Gasteiger partial charge on any atom is 0.230 e. The number of carbonyl (C=O) groups excluding carboxylic acids is 1. The highest BCUT2D eigenvalue weighted by Gasteiger charge is 2.27. The molecular formula is C26H31N3O2. The number of pyridine rings is 1. The van der Waals surface area contributed by atoms with E-state index in [-0.39, 0.29) is 17.3 Å². The number of aryl methyl sites for hydroxylation is 2. The summed E-state index contributed by atoms with van der Waals surface area (Å²) in [7, 11) is 0. The van der Waals surface area contributed by atoms with Crippen molar-refractivity contribution in [1.29, 1.82) is 0 Å². The van der Waals surface area contributed by atoms with Gasteiger partial charge in [-0.25, -0.2) is 0 Å². The van der Waals surface area contributed by atoms with E-state index >= 15 is 0 Å². The normalized spacial score (nSPS) is 15.9. The number of rotatable bonds is 5. The second-order valence-corrected chi connectivity index (χ2v) is 8.64. The molecule has 1 aromatic heterocycles. The molecule has 2 heterocycles. The van der Waals surface area contributed by atoms with Gasteiger partial charge in [0.2, 0.25) is 5.91 Å². The molecule has 0 radical (unpaired) electrons. The molecule has 5 nitrogen and oxygen atoms in total. The third kappa shape index (κ3) is 4.57. The Morgan fingerprint density at radius 2 is 1.74 bits per heavy atom. The summed E-state index contributed by atoms with van der Waals surface area (Å²) in [6.07, 6.45) is 0.806. The molecule has 1 N–H and O–H groups in total. The number of benzene rings is 2. The summed E-state index contributed by atoms with van der Waals surface area (Å²) >= 11 is 0. The number of hydrogen-bond acceptors (Lipinski definition) is 3. The highest BCUT2D eigenvalue weighted by molar-refractivity contribution is 5.84. The number of H-pyrrole nitrogens is 1. The van der Waals surface area contributed by atoms with Crippen molar-refractivity contribution < 1.29 is 4.79 Å². The van der Waals surface area contributed by atoms with Gasteiger partial charge >= 0.3 is 0 Å². The van der Waals surface area contributed by atoms with Gasteiger partial charge in [-0.2, -0.15) is 0 Å². The molecule has 1 atom stereocenters. The van der Waals surface area contributed by atoms with Crippen LogP contribution >= 0.6 is 0 Å². The lowest BCUT2D eigenvalue weighted by atomic mass is 9.95. The zero-order chi connectivity index (χ0) is 22.0. The summed E-state index contributed by atoms with van der Waals surface area (Å²) in [4.78, 5) is 33.5. The number of fused-ring (bicyclic) bond motifs is 1. The molecule has 1 aliphatic rings. The number of carbonyl (C=O) groups is 1. The van der Waals surface area contributed by atoms with E-state index in [1.165, 1.54) is 0 Å². The second kappa shape index (κ2) is 9.06. The average molecular weight is 418 g/mol. The van der Waals surface area contributed by atoms with Crippen LogP contribution in [0.25, 0.3) is 10.9 Å². The molecule has 1 fully saturated rings. The molecule has 0 bridgehead atoms. The van der Waals surface area contributed by atoms with Gasteiger partial charge in [-0.05, 0) is 43.0 Å². The van der Waals surface area contributed by atoms with Crippen molar-refractivity contribution in [2.45, 2.75) is 39.7 Å². The van der Waals surface area contributed by atoms with E-state index < -0.39 is 0 Å². The average Bonchev–Trinajstić information content (AvgIpc) is 2.74. The Hall–Kier alpha value is -2.92. The van der Waals surface area contributed by atoms with Crippen molar-refractivity contribution in [3.8, 4) is 0 Å². The largest absolute Gasteiger partial charge is 0.357 e. The van der Waals surface area contributed by atoms with E-state index in [1.54, 1.807) is 6.07 Å². The van der Waals surface area contributed by atoms with Crippen LogP contribution in [0.15, 0.2) is 53.3 Å². The van der Waals surface area contributed by atoms with Gasteiger partial charge in [0.15, 0.2) is 5.43 Å². The minimum absolute atomic E-state index is 0.0729. The van der Waals surface area contributed by atoms with Crippen molar-refractivity contribution in [2.75, 3.05) is 26.2 Å². The number of nitrogens with zero attached hydrogens (tertiary/aromatic N) is 2. The first-order valence-corrected chi connectivity index (χ1v) is 11.2. The van der Waals surface area contributed by atoms with Gasteiger partial charge in [0.25, 0.3) is 0 Å². The fourth-order valence-electron chi connectivity index (χ4n) is 4.74. The number of aromatic nitrogens is 1. The predicted molar refractivity (Wildman–Crippen MR) is 125 cm³/mol. The number of hydrogen-bond donors (Lipinski definition) is 1. The molecule has 0 unspecified atom stereocenters. The smallest absolute Gasteiger partial charge is 0.230 e. The fourth-order valence-corrected chi connectivity index (χ4v) is 4.74. The molecular weight excluding hydrogens is 386 g/mol. The van der Waals surface area contributed by atoms with E-state index in [9.17, 15) is 9.59 Å². The number of aromatic amines is 1. The minimum Gasteiger partial charge on any atom is -0.357 e. The summed E-state index contributed by atoms with van der Waals surface area (Å²) in [5.74, 6) is 0.148. The summed E-state index contributed by atoms with van der Waals surface area (Å²) < 4.78 is 0. The molecule has 31 heavy (non-hydrogen) atoms. The van der Waals surface area contributed by atoms with Crippen molar-refractivity contribution in [2.24, 2.45) is 0 Å². The summed E-state index contributed by atoms with van der Waals surface area (Å²) in [5, 5.41) is 0.774. The molecule has 5 heteroatoms. The van der Waals surface area contributed by atoms with Gasteiger partial charge in [-0.15, -0.1) is 0 Å². The number of piperazine rings is 1. The zero-order valence-electron chi connectivity index (χ0n) is 18.6. The van der Waals surface area contributed by atoms with Gasteiger partial charge in [-0.3, -0.25) is 14.5 Å². The zero-order valence-corrected chi connectivity index (χ0v) is 18.6. The molecule has 0 saturated carbocycles. The summed E-state index contributed by atoms with van der Waals surface area (Å²) in [6.45, 7) is 9.86. The Morgan fingerprint density at radius 1 is 1.03 bits per heavy atom. The molecule has 1 aliphatic heterocycles. The lowest BCUT2D eigenvalue weighted by molar-refractivity contribution is -0.134.